The van der Waals surface area contributed by atoms with Crippen molar-refractivity contribution in [3.8, 4) is 5.75 Å². The Hall–Kier alpha value is -2.05. The van der Waals surface area contributed by atoms with Gasteiger partial charge in [0.2, 0.25) is 5.91 Å². The lowest BCUT2D eigenvalue weighted by atomic mass is 10.0. The molecule has 1 aliphatic rings. The number of benzene rings is 2. The monoisotopic (exact) mass is 407 g/mol. The number of fused-ring (bicyclic) bond motifs is 1. The topological polar surface area (TPSA) is 72.5 Å². The van der Waals surface area contributed by atoms with Gasteiger partial charge in [0.25, 0.3) is 0 Å². The summed E-state index contributed by atoms with van der Waals surface area (Å²) in [6.45, 7) is 2.33. The van der Waals surface area contributed by atoms with Crippen molar-refractivity contribution in [3.63, 3.8) is 0 Å². The Kier molecular flexibility index (Phi) is 6.07. The van der Waals surface area contributed by atoms with Gasteiger partial charge < -0.3 is 10.1 Å². The van der Waals surface area contributed by atoms with E-state index in [1.54, 1.807) is 36.4 Å². The number of carbonyl (C=O) groups is 1. The van der Waals surface area contributed by atoms with Crippen molar-refractivity contribution in [2.75, 3.05) is 12.4 Å². The van der Waals surface area contributed by atoms with Gasteiger partial charge >= 0.3 is 0 Å². The Labute approximate surface area is 164 Å². The molecule has 144 valence electrons. The summed E-state index contributed by atoms with van der Waals surface area (Å²) in [5, 5.41) is 3.64. The lowest BCUT2D eigenvalue weighted by Gasteiger charge is -2.26. The van der Waals surface area contributed by atoms with E-state index >= 15 is 0 Å². The molecule has 0 fully saturated rings. The molecule has 0 saturated heterocycles. The van der Waals surface area contributed by atoms with Crippen LogP contribution < -0.4 is 10.1 Å². The Balaban J connectivity index is 1.50. The fourth-order valence-electron chi connectivity index (χ4n) is 3.14. The summed E-state index contributed by atoms with van der Waals surface area (Å²) in [5.74, 6) is 0.669. The molecule has 1 unspecified atom stereocenters. The summed E-state index contributed by atoms with van der Waals surface area (Å²) in [6, 6.07) is 12.0. The highest BCUT2D eigenvalue weighted by Crippen LogP contribution is 2.31. The number of halogens is 1. The molecule has 1 N–H and O–H groups in total. The average Bonchev–Trinajstić information content (AvgIpc) is 2.64. The van der Waals surface area contributed by atoms with Crippen LogP contribution in [0.2, 0.25) is 5.02 Å². The highest BCUT2D eigenvalue weighted by atomic mass is 35.5. The molecular weight excluding hydrogens is 386 g/mol. The van der Waals surface area contributed by atoms with Gasteiger partial charge in [-0.25, -0.2) is 8.42 Å². The van der Waals surface area contributed by atoms with E-state index in [-0.39, 0.29) is 17.7 Å². The first-order valence-corrected chi connectivity index (χ1v) is 10.9. The van der Waals surface area contributed by atoms with E-state index in [9.17, 15) is 13.2 Å². The molecule has 0 radical (unpaired) electrons. The highest BCUT2D eigenvalue weighted by molar-refractivity contribution is 7.91. The summed E-state index contributed by atoms with van der Waals surface area (Å²) in [6.07, 6.45) is 1.28. The summed E-state index contributed by atoms with van der Waals surface area (Å²) in [7, 11) is -3.25. The van der Waals surface area contributed by atoms with Crippen molar-refractivity contribution in [3.05, 3.63) is 58.6 Å². The molecule has 3 rings (SSSR count). The van der Waals surface area contributed by atoms with Crippen LogP contribution in [0.25, 0.3) is 0 Å². The van der Waals surface area contributed by atoms with E-state index in [1.807, 2.05) is 13.0 Å². The van der Waals surface area contributed by atoms with Crippen LogP contribution in [0.15, 0.2) is 47.4 Å². The summed E-state index contributed by atoms with van der Waals surface area (Å²) in [5.41, 5.74) is 1.61. The number of carbonyl (C=O) groups excluding carboxylic acids is 1. The predicted molar refractivity (Wildman–Crippen MR) is 105 cm³/mol. The minimum Gasteiger partial charge on any atom is -0.494 e. The van der Waals surface area contributed by atoms with Crippen molar-refractivity contribution < 1.29 is 17.9 Å². The van der Waals surface area contributed by atoms with E-state index in [0.29, 0.717) is 41.4 Å². The molecule has 0 aromatic heterocycles. The molecule has 0 bridgehead atoms. The minimum atomic E-state index is -3.25. The first-order valence-electron chi connectivity index (χ1n) is 8.87. The zero-order valence-electron chi connectivity index (χ0n) is 15.1. The third-order valence-electron chi connectivity index (χ3n) is 4.59. The molecule has 2 aromatic rings. The number of aryl methyl sites for hydroxylation is 1. The number of sulfone groups is 1. The standard InChI is InChI=1S/C20H22ClNO4S/c1-14-13-15(8-9-17(14)21)26-11-4-7-20(23)22-18-10-12-27(24,25)19-6-3-2-5-16(18)19/h2-3,5-6,8-9,13,18H,4,7,10-12H2,1H3,(H,22,23). The molecular formula is C20H22ClNO4S. The van der Waals surface area contributed by atoms with Crippen LogP contribution in [-0.2, 0) is 14.6 Å². The molecule has 27 heavy (non-hydrogen) atoms. The van der Waals surface area contributed by atoms with Gasteiger partial charge in [-0.2, -0.15) is 0 Å². The Morgan fingerprint density at radius 1 is 1.26 bits per heavy atom. The van der Waals surface area contributed by atoms with Gasteiger partial charge in [-0.1, -0.05) is 29.8 Å². The number of hydrogen-bond acceptors (Lipinski definition) is 4. The van der Waals surface area contributed by atoms with Crippen LogP contribution in [0, 0.1) is 6.92 Å². The lowest BCUT2D eigenvalue weighted by molar-refractivity contribution is -0.122. The third-order valence-corrected chi connectivity index (χ3v) is 6.83. The zero-order valence-corrected chi connectivity index (χ0v) is 16.6. The summed E-state index contributed by atoms with van der Waals surface area (Å²) < 4.78 is 30.0. The van der Waals surface area contributed by atoms with E-state index < -0.39 is 9.84 Å². The van der Waals surface area contributed by atoms with Gasteiger partial charge in [0, 0.05) is 11.4 Å². The molecule has 1 aliphatic heterocycles. The second-order valence-electron chi connectivity index (χ2n) is 6.63. The van der Waals surface area contributed by atoms with Gasteiger partial charge in [-0.15, -0.1) is 0 Å². The van der Waals surface area contributed by atoms with Gasteiger partial charge in [0.05, 0.1) is 23.3 Å². The molecule has 0 saturated carbocycles. The first-order chi connectivity index (χ1) is 12.9. The first kappa shape index (κ1) is 19.7. The zero-order chi connectivity index (χ0) is 19.4. The van der Waals surface area contributed by atoms with Crippen LogP contribution in [0.1, 0.15) is 36.4 Å². The number of nitrogens with one attached hydrogen (secondary N) is 1. The molecule has 5 nitrogen and oxygen atoms in total. The molecule has 1 amide bonds. The van der Waals surface area contributed by atoms with E-state index in [0.717, 1.165) is 11.3 Å². The minimum absolute atomic E-state index is 0.0496. The quantitative estimate of drug-likeness (QED) is 0.738. The maximum Gasteiger partial charge on any atom is 0.220 e. The van der Waals surface area contributed by atoms with Crippen LogP contribution >= 0.6 is 11.6 Å². The molecule has 1 heterocycles. The Morgan fingerprint density at radius 3 is 2.81 bits per heavy atom. The van der Waals surface area contributed by atoms with Crippen molar-refractivity contribution in [1.82, 2.24) is 5.32 Å². The van der Waals surface area contributed by atoms with E-state index in [4.69, 9.17) is 16.3 Å². The van der Waals surface area contributed by atoms with Crippen molar-refractivity contribution in [2.45, 2.75) is 37.1 Å². The van der Waals surface area contributed by atoms with Gasteiger partial charge in [0.1, 0.15) is 5.75 Å². The normalized spacial score (nSPS) is 17.8. The summed E-state index contributed by atoms with van der Waals surface area (Å²) >= 11 is 5.98. The van der Waals surface area contributed by atoms with Crippen LogP contribution in [0.5, 0.6) is 5.75 Å². The van der Waals surface area contributed by atoms with E-state index in [2.05, 4.69) is 5.32 Å². The van der Waals surface area contributed by atoms with Crippen molar-refractivity contribution in [2.24, 2.45) is 0 Å². The van der Waals surface area contributed by atoms with Crippen LogP contribution in [0.4, 0.5) is 0 Å². The van der Waals surface area contributed by atoms with Gasteiger partial charge in [0.15, 0.2) is 9.84 Å². The number of ether oxygens (including phenoxy) is 1. The summed E-state index contributed by atoms with van der Waals surface area (Å²) in [4.78, 5) is 12.6. The number of amides is 1. The second kappa shape index (κ2) is 8.31. The Bertz CT molecular complexity index is 943. The SMILES string of the molecule is Cc1cc(OCCCC(=O)NC2CCS(=O)(=O)c3ccccc32)ccc1Cl. The second-order valence-corrected chi connectivity index (χ2v) is 9.11. The fraction of sp³-hybridized carbons (Fsp3) is 0.350. The van der Waals surface area contributed by atoms with Crippen molar-refractivity contribution in [1.29, 1.82) is 0 Å². The smallest absolute Gasteiger partial charge is 0.220 e. The van der Waals surface area contributed by atoms with Crippen LogP contribution in [-0.4, -0.2) is 26.7 Å². The number of hydrogen-bond donors (Lipinski definition) is 1. The third kappa shape index (κ3) is 4.82. The molecule has 0 aliphatic carbocycles. The van der Waals surface area contributed by atoms with Crippen molar-refractivity contribution >= 4 is 27.3 Å². The highest BCUT2D eigenvalue weighted by Gasteiger charge is 2.30. The number of rotatable bonds is 6. The molecule has 2 aromatic carbocycles. The van der Waals surface area contributed by atoms with Gasteiger partial charge in [-0.05, 0) is 55.2 Å². The Morgan fingerprint density at radius 2 is 2.04 bits per heavy atom. The lowest BCUT2D eigenvalue weighted by Crippen LogP contribution is -2.33. The maximum atomic E-state index is 12.3. The molecule has 7 heteroatoms. The largest absolute Gasteiger partial charge is 0.494 e. The maximum absolute atomic E-state index is 12.3. The van der Waals surface area contributed by atoms with Crippen LogP contribution in [0.3, 0.4) is 0 Å². The van der Waals surface area contributed by atoms with Gasteiger partial charge in [-0.3, -0.25) is 4.79 Å². The molecule has 1 atom stereocenters. The van der Waals surface area contributed by atoms with E-state index in [1.165, 1.54) is 0 Å². The predicted octanol–water partition coefficient (Wildman–Crippen LogP) is 3.84. The molecule has 0 spiro atoms. The average molecular weight is 408 g/mol. The fourth-order valence-corrected chi connectivity index (χ4v) is 4.88.